The number of ether oxygens (including phenoxy) is 1. The van der Waals surface area contributed by atoms with E-state index in [1.165, 1.54) is 0 Å². The van der Waals surface area contributed by atoms with Crippen molar-refractivity contribution in [2.24, 2.45) is 0 Å². The second-order valence-electron chi connectivity index (χ2n) is 1.96. The highest BCUT2D eigenvalue weighted by molar-refractivity contribution is 5.53. The third-order valence-corrected chi connectivity index (χ3v) is 1.03. The molecule has 0 fully saturated rings. The van der Waals surface area contributed by atoms with Gasteiger partial charge in [0.05, 0.1) is 0 Å². The number of hydrogen-bond donors (Lipinski definition) is 0. The summed E-state index contributed by atoms with van der Waals surface area (Å²) in [5.41, 5.74) is 0. The van der Waals surface area contributed by atoms with Crippen molar-refractivity contribution in [3.8, 4) is 11.5 Å². The van der Waals surface area contributed by atoms with E-state index >= 15 is 0 Å². The van der Waals surface area contributed by atoms with Crippen LogP contribution in [0.5, 0.6) is 11.5 Å². The SMILES string of the molecule is C=C.C=CC.c1ccc2c(c1)O2. The second kappa shape index (κ2) is 6.23. The van der Waals surface area contributed by atoms with Gasteiger partial charge in [0, 0.05) is 0 Å². The number of hydrogen-bond acceptors (Lipinski definition) is 1. The Kier molecular flexibility index (Phi) is 5.45. The predicted molar refractivity (Wildman–Crippen MR) is 53.6 cm³/mol. The molecule has 0 aromatic heterocycles. The summed E-state index contributed by atoms with van der Waals surface area (Å²) in [5, 5.41) is 0. The fraction of sp³-hybridized carbons (Fsp3) is 0.0909. The molecule has 2 rings (SSSR count). The summed E-state index contributed by atoms with van der Waals surface area (Å²) in [4.78, 5) is 0. The quantitative estimate of drug-likeness (QED) is 0.424. The molecule has 0 radical (unpaired) electrons. The highest BCUT2D eigenvalue weighted by Crippen LogP contribution is 2.43. The van der Waals surface area contributed by atoms with Gasteiger partial charge in [0.1, 0.15) is 0 Å². The van der Waals surface area contributed by atoms with Gasteiger partial charge in [-0.1, -0.05) is 18.2 Å². The van der Waals surface area contributed by atoms with Gasteiger partial charge in [0.15, 0.2) is 11.5 Å². The van der Waals surface area contributed by atoms with Gasteiger partial charge in [-0.2, -0.15) is 0 Å². The molecule has 0 atom stereocenters. The summed E-state index contributed by atoms with van der Waals surface area (Å²) >= 11 is 0. The van der Waals surface area contributed by atoms with Gasteiger partial charge in [-0.05, 0) is 19.1 Å². The maximum Gasteiger partial charge on any atom is 0.170 e. The van der Waals surface area contributed by atoms with Gasteiger partial charge < -0.3 is 4.74 Å². The molecule has 0 bridgehead atoms. The largest absolute Gasteiger partial charge is 0.450 e. The fourth-order valence-corrected chi connectivity index (χ4v) is 0.611. The maximum atomic E-state index is 4.94. The molecular weight excluding hydrogens is 148 g/mol. The van der Waals surface area contributed by atoms with E-state index < -0.39 is 0 Å². The second-order valence-corrected chi connectivity index (χ2v) is 1.96. The van der Waals surface area contributed by atoms with Crippen LogP contribution >= 0.6 is 0 Å². The lowest BCUT2D eigenvalue weighted by Gasteiger charge is -1.61. The van der Waals surface area contributed by atoms with E-state index in [2.05, 4.69) is 19.7 Å². The van der Waals surface area contributed by atoms with Crippen molar-refractivity contribution in [1.82, 2.24) is 0 Å². The van der Waals surface area contributed by atoms with Crippen LogP contribution in [-0.2, 0) is 0 Å². The lowest BCUT2D eigenvalue weighted by atomic mass is 10.4. The molecule has 0 unspecified atom stereocenters. The Balaban J connectivity index is 0.000000211. The summed E-state index contributed by atoms with van der Waals surface area (Å²) in [6.07, 6.45) is 1.75. The maximum absolute atomic E-state index is 4.94. The zero-order valence-electron chi connectivity index (χ0n) is 7.42. The molecule has 0 saturated heterocycles. The lowest BCUT2D eigenvalue weighted by molar-refractivity contribution is 0.650. The van der Waals surface area contributed by atoms with E-state index in [-0.39, 0.29) is 0 Å². The van der Waals surface area contributed by atoms with Gasteiger partial charge >= 0.3 is 0 Å². The van der Waals surface area contributed by atoms with E-state index in [4.69, 9.17) is 4.74 Å². The zero-order valence-corrected chi connectivity index (χ0v) is 7.42. The van der Waals surface area contributed by atoms with Crippen LogP contribution < -0.4 is 4.74 Å². The van der Waals surface area contributed by atoms with Gasteiger partial charge in [-0.15, -0.1) is 19.7 Å². The van der Waals surface area contributed by atoms with Crippen LogP contribution in [0.1, 0.15) is 6.92 Å². The van der Waals surface area contributed by atoms with Crippen LogP contribution in [0.3, 0.4) is 0 Å². The summed E-state index contributed by atoms with van der Waals surface area (Å²) in [5.74, 6) is 2.06. The first kappa shape index (κ1) is 10.5. The summed E-state index contributed by atoms with van der Waals surface area (Å²) in [6, 6.07) is 7.84. The van der Waals surface area contributed by atoms with Crippen molar-refractivity contribution in [3.05, 3.63) is 50.1 Å². The number of rotatable bonds is 0. The van der Waals surface area contributed by atoms with Gasteiger partial charge in [-0.3, -0.25) is 0 Å². The topological polar surface area (TPSA) is 12.5 Å². The van der Waals surface area contributed by atoms with Crippen LogP contribution in [0, 0.1) is 0 Å². The van der Waals surface area contributed by atoms with E-state index in [0.29, 0.717) is 0 Å². The molecule has 12 heavy (non-hydrogen) atoms. The molecule has 0 aliphatic carbocycles. The molecule has 0 spiro atoms. The Labute approximate surface area is 74.0 Å². The predicted octanol–water partition coefficient (Wildman–Crippen LogP) is 3.79. The number of para-hydroxylation sites is 2. The molecule has 1 nitrogen and oxygen atoms in total. The van der Waals surface area contributed by atoms with Crippen LogP contribution in [-0.4, -0.2) is 0 Å². The summed E-state index contributed by atoms with van der Waals surface area (Å²) in [7, 11) is 0. The van der Waals surface area contributed by atoms with Crippen molar-refractivity contribution < 1.29 is 4.74 Å². The Hall–Kier alpha value is -1.50. The highest BCUT2D eigenvalue weighted by Gasteiger charge is 2.15. The number of fused-ring (bicyclic) bond motifs is 1. The van der Waals surface area contributed by atoms with Crippen LogP contribution in [0.15, 0.2) is 50.1 Å². The summed E-state index contributed by atoms with van der Waals surface area (Å²) < 4.78 is 4.94. The normalized spacial score (nSPS) is 8.42. The summed E-state index contributed by atoms with van der Waals surface area (Å²) in [6.45, 7) is 11.2. The van der Waals surface area contributed by atoms with Gasteiger partial charge in [0.25, 0.3) is 0 Å². The molecular formula is C11H14O. The zero-order chi connectivity index (χ0) is 9.40. The third-order valence-electron chi connectivity index (χ3n) is 1.03. The number of allylic oxidation sites excluding steroid dienone is 1. The van der Waals surface area contributed by atoms with Crippen molar-refractivity contribution in [3.63, 3.8) is 0 Å². The first-order chi connectivity index (χ1) is 5.88. The molecule has 1 aromatic rings. The minimum absolute atomic E-state index is 1.03. The monoisotopic (exact) mass is 162 g/mol. The van der Waals surface area contributed by atoms with Crippen molar-refractivity contribution in [1.29, 1.82) is 0 Å². The van der Waals surface area contributed by atoms with Crippen molar-refractivity contribution in [2.75, 3.05) is 0 Å². The fourth-order valence-electron chi connectivity index (χ4n) is 0.611. The standard InChI is InChI=1S/C6H4O.C3H6.C2H4/c1-2-4-6-5(3-1)7-6;1-3-2;1-2/h1-4H;3H,1H2,2H3;1-2H2. The van der Waals surface area contributed by atoms with Crippen LogP contribution in [0.2, 0.25) is 0 Å². The third kappa shape index (κ3) is 3.62. The van der Waals surface area contributed by atoms with E-state index in [1.54, 1.807) is 6.08 Å². The minimum Gasteiger partial charge on any atom is -0.450 e. The molecule has 1 heteroatoms. The highest BCUT2D eigenvalue weighted by atomic mass is 16.6. The van der Waals surface area contributed by atoms with Crippen molar-refractivity contribution in [2.45, 2.75) is 6.92 Å². The number of benzene rings is 1. The lowest BCUT2D eigenvalue weighted by Crippen LogP contribution is -1.37. The average Bonchev–Trinajstić information content (AvgIpc) is 2.87. The molecule has 1 aliphatic rings. The van der Waals surface area contributed by atoms with E-state index in [1.807, 2.05) is 31.2 Å². The van der Waals surface area contributed by atoms with Gasteiger partial charge in [-0.25, -0.2) is 0 Å². The average molecular weight is 162 g/mol. The molecule has 0 saturated carbocycles. The Morgan fingerprint density at radius 1 is 1.17 bits per heavy atom. The Morgan fingerprint density at radius 2 is 1.50 bits per heavy atom. The first-order valence-corrected chi connectivity index (χ1v) is 3.72. The molecule has 0 amide bonds. The Morgan fingerprint density at radius 3 is 1.75 bits per heavy atom. The smallest absolute Gasteiger partial charge is 0.170 e. The molecule has 1 aromatic carbocycles. The molecule has 1 heterocycles. The van der Waals surface area contributed by atoms with Crippen LogP contribution in [0.25, 0.3) is 0 Å². The minimum atomic E-state index is 1.03. The molecule has 1 aliphatic heterocycles. The molecule has 64 valence electrons. The van der Waals surface area contributed by atoms with E-state index in [0.717, 1.165) is 11.5 Å². The van der Waals surface area contributed by atoms with Crippen molar-refractivity contribution >= 4 is 0 Å². The van der Waals surface area contributed by atoms with Crippen LogP contribution in [0.4, 0.5) is 0 Å². The van der Waals surface area contributed by atoms with Gasteiger partial charge in [0.2, 0.25) is 0 Å². The molecule has 0 N–H and O–H groups in total. The first-order valence-electron chi connectivity index (χ1n) is 3.72. The van der Waals surface area contributed by atoms with E-state index in [9.17, 15) is 0 Å². The Bertz CT molecular complexity index is 220.